The molecule has 1 fully saturated rings. The Morgan fingerprint density at radius 3 is 2.38 bits per heavy atom. The first-order valence-electron chi connectivity index (χ1n) is 12.0. The van der Waals surface area contributed by atoms with Crippen LogP contribution in [0.25, 0.3) is 5.69 Å². The van der Waals surface area contributed by atoms with E-state index in [9.17, 15) is 18.0 Å². The summed E-state index contributed by atoms with van der Waals surface area (Å²) in [6, 6.07) is 18.9. The summed E-state index contributed by atoms with van der Waals surface area (Å²) in [4.78, 5) is 17.7. The van der Waals surface area contributed by atoms with Crippen LogP contribution >= 0.6 is 17.8 Å². The lowest BCUT2D eigenvalue weighted by molar-refractivity contribution is -0.137. The average Bonchev–Trinajstić information content (AvgIpc) is 3.44. The average molecular weight is 591 g/mol. The summed E-state index contributed by atoms with van der Waals surface area (Å²) < 4.78 is 50.5. The second-order valence-electron chi connectivity index (χ2n) is 8.77. The fourth-order valence-corrected chi connectivity index (χ4v) is 8.59. The second kappa shape index (κ2) is 11.2. The summed E-state index contributed by atoms with van der Waals surface area (Å²) in [7, 11) is 0. The molecule has 0 bridgehead atoms. The lowest BCUT2D eigenvalue weighted by Crippen LogP contribution is -2.42. The third-order valence-electron chi connectivity index (χ3n) is 6.32. The predicted octanol–water partition coefficient (Wildman–Crippen LogP) is 5.47. The van der Waals surface area contributed by atoms with E-state index in [1.807, 2.05) is 30.3 Å². The summed E-state index contributed by atoms with van der Waals surface area (Å²) in [5.74, 6) is -0.579. The number of aromatic nitrogens is 2. The molecule has 1 atom stereocenters. The van der Waals surface area contributed by atoms with Gasteiger partial charge in [0, 0.05) is 41.4 Å². The molecule has 1 amide bonds. The molecule has 2 heterocycles. The van der Waals surface area contributed by atoms with Gasteiger partial charge in [-0.1, -0.05) is 53.7 Å². The fourth-order valence-electron chi connectivity index (χ4n) is 4.40. The lowest BCUT2D eigenvalue weighted by atomic mass is 10.1. The number of imidazole rings is 1. The van der Waals surface area contributed by atoms with Gasteiger partial charge in [-0.2, -0.15) is 13.2 Å². The molecule has 0 saturated carbocycles. The Bertz CT molecular complexity index is 1520. The Balaban J connectivity index is 1.64. The molecule has 5 rings (SSSR count). The van der Waals surface area contributed by atoms with Crippen LogP contribution in [0, 0.1) is 0 Å². The quantitative estimate of drug-likeness (QED) is 0.302. The number of morpholine rings is 1. The van der Waals surface area contributed by atoms with Gasteiger partial charge in [-0.15, -0.1) is 0 Å². The second-order valence-corrected chi connectivity index (χ2v) is 13.4. The van der Waals surface area contributed by atoms with E-state index in [0.717, 1.165) is 17.4 Å². The van der Waals surface area contributed by atoms with Gasteiger partial charge in [-0.05, 0) is 42.5 Å². The molecule has 202 valence electrons. The number of carbonyl (C=O) groups is 1. The monoisotopic (exact) mass is 590 g/mol. The Hall–Kier alpha value is -3.01. The topological polar surface area (TPSA) is 59.4 Å². The van der Waals surface area contributed by atoms with Crippen LogP contribution in [-0.4, -0.2) is 46.4 Å². The molecule has 0 spiro atoms. The van der Waals surface area contributed by atoms with Gasteiger partial charge in [-0.25, -0.2) is 4.98 Å². The molecule has 0 radical (unpaired) electrons. The van der Waals surface area contributed by atoms with E-state index in [1.165, 1.54) is 30.3 Å². The zero-order valence-corrected chi connectivity index (χ0v) is 22.9. The number of benzene rings is 3. The molecule has 4 aromatic rings. The molecular formula is C27H23ClF3N4O2PS. The van der Waals surface area contributed by atoms with Crippen LogP contribution in [0.15, 0.2) is 85.2 Å². The van der Waals surface area contributed by atoms with Gasteiger partial charge in [0.2, 0.25) is 0 Å². The molecule has 1 aliphatic rings. The third-order valence-corrected chi connectivity index (χ3v) is 11.5. The van der Waals surface area contributed by atoms with Gasteiger partial charge in [0.1, 0.15) is 6.19 Å². The maximum atomic E-state index is 13.7. The highest BCUT2D eigenvalue weighted by molar-refractivity contribution is 8.20. The number of ether oxygens (including phenoxy) is 1. The van der Waals surface area contributed by atoms with Crippen LogP contribution in [-0.2, 0) is 22.7 Å². The van der Waals surface area contributed by atoms with Crippen molar-refractivity contribution in [2.24, 2.45) is 0 Å². The Labute approximate surface area is 233 Å². The van der Waals surface area contributed by atoms with Crippen molar-refractivity contribution in [3.8, 4) is 5.69 Å². The molecule has 1 saturated heterocycles. The molecule has 3 aromatic carbocycles. The van der Waals surface area contributed by atoms with Crippen molar-refractivity contribution in [2.45, 2.75) is 6.18 Å². The Kier molecular flexibility index (Phi) is 7.94. The minimum atomic E-state index is -4.61. The van der Waals surface area contributed by atoms with Gasteiger partial charge in [0.15, 0.2) is 5.57 Å². The van der Waals surface area contributed by atoms with Crippen molar-refractivity contribution in [1.82, 2.24) is 14.2 Å². The van der Waals surface area contributed by atoms with E-state index in [4.69, 9.17) is 28.1 Å². The minimum absolute atomic E-state index is 0.0272. The molecule has 39 heavy (non-hydrogen) atoms. The van der Waals surface area contributed by atoms with Crippen LogP contribution in [0.4, 0.5) is 18.9 Å². The molecule has 1 aromatic heterocycles. The number of hydrogen-bond donors (Lipinski definition) is 1. The highest BCUT2D eigenvalue weighted by Gasteiger charge is 2.36. The number of nitrogens with zero attached hydrogens (tertiary/aromatic N) is 3. The number of rotatable bonds is 6. The molecule has 1 N–H and O–H groups in total. The summed E-state index contributed by atoms with van der Waals surface area (Å²) in [5.41, 5.74) is 0.163. The van der Waals surface area contributed by atoms with E-state index in [2.05, 4.69) is 15.0 Å². The number of hydrogen-bond acceptors (Lipinski definition) is 4. The summed E-state index contributed by atoms with van der Waals surface area (Å²) in [5, 5.41) is 3.99. The third kappa shape index (κ3) is 5.66. The van der Waals surface area contributed by atoms with Gasteiger partial charge < -0.3 is 10.1 Å². The first-order valence-corrected chi connectivity index (χ1v) is 15.1. The van der Waals surface area contributed by atoms with Crippen LogP contribution in [0.3, 0.4) is 0 Å². The number of nitrogens with one attached hydrogen (secondary N) is 1. The van der Waals surface area contributed by atoms with E-state index < -0.39 is 23.8 Å². The number of carbonyl (C=O) groups excluding carboxylic acids is 1. The molecule has 1 aliphatic heterocycles. The molecule has 6 nitrogen and oxygen atoms in total. The molecule has 1 unspecified atom stereocenters. The Morgan fingerprint density at radius 2 is 1.72 bits per heavy atom. The zero-order chi connectivity index (χ0) is 27.6. The lowest BCUT2D eigenvalue weighted by Gasteiger charge is -2.37. The number of anilines is 1. The maximum absolute atomic E-state index is 13.7. The van der Waals surface area contributed by atoms with Crippen molar-refractivity contribution in [3.63, 3.8) is 0 Å². The van der Waals surface area contributed by atoms with Crippen LogP contribution in [0.2, 0.25) is 5.02 Å². The van der Waals surface area contributed by atoms with Crippen molar-refractivity contribution in [1.29, 1.82) is 0 Å². The van der Waals surface area contributed by atoms with Crippen molar-refractivity contribution < 1.29 is 22.7 Å². The highest BCUT2D eigenvalue weighted by atomic mass is 35.5. The van der Waals surface area contributed by atoms with Gasteiger partial charge in [0.25, 0.3) is 5.91 Å². The van der Waals surface area contributed by atoms with E-state index >= 15 is 0 Å². The normalized spacial score (nSPS) is 16.0. The highest BCUT2D eigenvalue weighted by Crippen LogP contribution is 2.48. The molecular weight excluding hydrogens is 568 g/mol. The first-order chi connectivity index (χ1) is 18.7. The summed E-state index contributed by atoms with van der Waals surface area (Å²) >= 11 is 12.3. The van der Waals surface area contributed by atoms with Crippen LogP contribution in [0.5, 0.6) is 0 Å². The number of amides is 1. The molecule has 12 heteroatoms. The maximum Gasteiger partial charge on any atom is 0.416 e. The number of alkyl halides is 3. The minimum Gasteiger partial charge on any atom is -0.379 e. The largest absolute Gasteiger partial charge is 0.416 e. The van der Waals surface area contributed by atoms with Crippen molar-refractivity contribution in [2.75, 3.05) is 31.6 Å². The van der Waals surface area contributed by atoms with Gasteiger partial charge >= 0.3 is 6.18 Å². The molecule has 0 aliphatic carbocycles. The van der Waals surface area contributed by atoms with Crippen LogP contribution < -0.4 is 16.2 Å². The predicted molar refractivity (Wildman–Crippen MR) is 150 cm³/mol. The summed E-state index contributed by atoms with van der Waals surface area (Å²) in [6.45, 7) is 2.20. The first kappa shape index (κ1) is 27.6. The SMILES string of the molecule is O=C(Nc1cc(C(F)(F)F)ccc1-n1ccnc1P(=S)(c1ccccc1)N1CCOCC1)c1ccc(Cl)cc1. The smallest absolute Gasteiger partial charge is 0.379 e. The van der Waals surface area contributed by atoms with Gasteiger partial charge in [-0.3, -0.25) is 14.0 Å². The summed E-state index contributed by atoms with van der Waals surface area (Å²) in [6.07, 6.45) is -4.11. The van der Waals surface area contributed by atoms with Crippen molar-refractivity contribution >= 4 is 52.1 Å². The fraction of sp³-hybridized carbons (Fsp3) is 0.185. The number of halogens is 4. The zero-order valence-electron chi connectivity index (χ0n) is 20.4. The van der Waals surface area contributed by atoms with E-state index in [1.54, 1.807) is 17.0 Å². The Morgan fingerprint density at radius 1 is 1.03 bits per heavy atom. The van der Waals surface area contributed by atoms with Crippen LogP contribution in [0.1, 0.15) is 15.9 Å². The van der Waals surface area contributed by atoms with E-state index in [0.29, 0.717) is 42.6 Å². The van der Waals surface area contributed by atoms with Gasteiger partial charge in [0.05, 0.1) is 30.2 Å². The van der Waals surface area contributed by atoms with E-state index in [-0.39, 0.29) is 11.3 Å². The van der Waals surface area contributed by atoms with Crippen molar-refractivity contribution in [3.05, 3.63) is 101 Å². The standard InChI is InChI=1S/C27H23ClF3N4O2PS/c28-21-9-6-19(7-10-21)25(36)33-23-18-20(27(29,30)31)8-11-24(23)35-13-12-32-26(35)38(39,22-4-2-1-3-5-22)34-14-16-37-17-15-34/h1-13,18H,14-17H2,(H,33,36).